The highest BCUT2D eigenvalue weighted by Crippen LogP contribution is 2.15. The van der Waals surface area contributed by atoms with Gasteiger partial charge in [0, 0.05) is 12.1 Å². The molecule has 0 N–H and O–H groups in total. The van der Waals surface area contributed by atoms with Gasteiger partial charge in [0.05, 0.1) is 6.61 Å². The summed E-state index contributed by atoms with van der Waals surface area (Å²) >= 11 is 5.82. The zero-order valence-electron chi connectivity index (χ0n) is 6.71. The largest absolute Gasteiger partial charge is 0.494 e. The number of benzene rings is 1. The first-order valence-corrected chi connectivity index (χ1v) is 4.12. The van der Waals surface area contributed by atoms with Crippen molar-refractivity contribution in [2.45, 2.75) is 6.61 Å². The van der Waals surface area contributed by atoms with E-state index in [4.69, 9.17) is 20.9 Å². The van der Waals surface area contributed by atoms with Crippen LogP contribution in [0.3, 0.4) is 0 Å². The van der Waals surface area contributed by atoms with Gasteiger partial charge < -0.3 is 9.31 Å². The normalized spacial score (nSPS) is 15.0. The van der Waals surface area contributed by atoms with E-state index in [0.717, 1.165) is 16.0 Å². The molecule has 0 bridgehead atoms. The minimum atomic E-state index is -0.211. The Kier molecular flexibility index (Phi) is 2.09. The maximum absolute atomic E-state index is 5.82. The second-order valence-electron chi connectivity index (χ2n) is 2.72. The molecule has 1 aliphatic heterocycles. The lowest BCUT2D eigenvalue weighted by Gasteiger charge is -2.01. The van der Waals surface area contributed by atoms with Crippen LogP contribution in [-0.2, 0) is 15.9 Å². The molecule has 0 aliphatic carbocycles. The van der Waals surface area contributed by atoms with Gasteiger partial charge in [-0.15, -0.1) is 0 Å². The van der Waals surface area contributed by atoms with Gasteiger partial charge in [-0.2, -0.15) is 0 Å². The van der Waals surface area contributed by atoms with Crippen molar-refractivity contribution in [2.75, 3.05) is 7.11 Å². The van der Waals surface area contributed by atoms with Crippen molar-refractivity contribution in [3.8, 4) is 0 Å². The Bertz CT molecular complexity index is 303. The van der Waals surface area contributed by atoms with Gasteiger partial charge in [0.25, 0.3) is 0 Å². The summed E-state index contributed by atoms with van der Waals surface area (Å²) in [6.07, 6.45) is 0. The van der Waals surface area contributed by atoms with Gasteiger partial charge >= 0.3 is 7.12 Å². The van der Waals surface area contributed by atoms with Crippen LogP contribution in [0.5, 0.6) is 0 Å². The Labute approximate surface area is 76.6 Å². The van der Waals surface area contributed by atoms with Gasteiger partial charge in [-0.3, -0.25) is 0 Å². The molecule has 0 amide bonds. The van der Waals surface area contributed by atoms with Crippen molar-refractivity contribution in [2.24, 2.45) is 0 Å². The third-order valence-corrected chi connectivity index (χ3v) is 2.20. The highest BCUT2D eigenvalue weighted by molar-refractivity contribution is 6.62. The number of hydrogen-bond donors (Lipinski definition) is 0. The SMILES string of the molecule is COB1OCc2cc(Cl)ccc21. The van der Waals surface area contributed by atoms with Crippen LogP contribution in [0.4, 0.5) is 0 Å². The van der Waals surface area contributed by atoms with E-state index < -0.39 is 0 Å². The fourth-order valence-electron chi connectivity index (χ4n) is 1.38. The number of fused-ring (bicyclic) bond motifs is 1. The Morgan fingerprint density at radius 2 is 2.42 bits per heavy atom. The van der Waals surface area contributed by atoms with E-state index in [1.54, 1.807) is 7.11 Å². The highest BCUT2D eigenvalue weighted by Gasteiger charge is 2.29. The topological polar surface area (TPSA) is 18.5 Å². The van der Waals surface area contributed by atoms with Crippen LogP contribution in [0.15, 0.2) is 18.2 Å². The molecule has 1 aromatic rings. The third kappa shape index (κ3) is 1.24. The van der Waals surface area contributed by atoms with Crippen molar-refractivity contribution in [1.82, 2.24) is 0 Å². The lowest BCUT2D eigenvalue weighted by Crippen LogP contribution is -2.30. The average Bonchev–Trinajstić information content (AvgIpc) is 2.46. The van der Waals surface area contributed by atoms with Crippen LogP contribution >= 0.6 is 11.6 Å². The number of hydrogen-bond acceptors (Lipinski definition) is 2. The monoisotopic (exact) mass is 182 g/mol. The molecule has 0 spiro atoms. The van der Waals surface area contributed by atoms with Crippen LogP contribution in [0, 0.1) is 0 Å². The first-order valence-electron chi connectivity index (χ1n) is 3.74. The van der Waals surface area contributed by atoms with E-state index in [2.05, 4.69) is 0 Å². The molecule has 1 aromatic carbocycles. The molecule has 0 aromatic heterocycles. The van der Waals surface area contributed by atoms with Gasteiger partial charge in [-0.1, -0.05) is 17.7 Å². The maximum atomic E-state index is 5.82. The van der Waals surface area contributed by atoms with Crippen molar-refractivity contribution in [3.63, 3.8) is 0 Å². The quantitative estimate of drug-likeness (QED) is 0.608. The minimum absolute atomic E-state index is 0.211. The fourth-order valence-corrected chi connectivity index (χ4v) is 1.57. The summed E-state index contributed by atoms with van der Waals surface area (Å²) < 4.78 is 10.5. The molecular weight excluding hydrogens is 174 g/mol. The summed E-state index contributed by atoms with van der Waals surface area (Å²) in [6.45, 7) is 0.592. The molecule has 2 rings (SSSR count). The van der Waals surface area contributed by atoms with Crippen LogP contribution in [-0.4, -0.2) is 14.2 Å². The zero-order chi connectivity index (χ0) is 8.55. The van der Waals surface area contributed by atoms with Crippen LogP contribution < -0.4 is 5.46 Å². The highest BCUT2D eigenvalue weighted by atomic mass is 35.5. The fraction of sp³-hybridized carbons (Fsp3) is 0.250. The molecule has 62 valence electrons. The summed E-state index contributed by atoms with van der Waals surface area (Å²) in [4.78, 5) is 0. The molecule has 0 atom stereocenters. The summed E-state index contributed by atoms with van der Waals surface area (Å²) in [5.41, 5.74) is 2.20. The first kappa shape index (κ1) is 8.11. The number of halogens is 1. The zero-order valence-corrected chi connectivity index (χ0v) is 7.47. The molecule has 0 saturated heterocycles. The van der Waals surface area contributed by atoms with E-state index in [9.17, 15) is 0 Å². The Morgan fingerprint density at radius 1 is 1.58 bits per heavy atom. The second-order valence-corrected chi connectivity index (χ2v) is 3.16. The molecule has 4 heteroatoms. The smallest absolute Gasteiger partial charge is 0.410 e. The summed E-state index contributed by atoms with van der Waals surface area (Å²) in [6, 6.07) is 5.70. The van der Waals surface area contributed by atoms with E-state index in [0.29, 0.717) is 6.61 Å². The average molecular weight is 182 g/mol. The predicted molar refractivity (Wildman–Crippen MR) is 48.6 cm³/mol. The Balaban J connectivity index is 2.40. The van der Waals surface area contributed by atoms with E-state index in [1.807, 2.05) is 18.2 Å². The molecule has 0 saturated carbocycles. The van der Waals surface area contributed by atoms with Crippen LogP contribution in [0.2, 0.25) is 5.02 Å². The standard InChI is InChI=1S/C8H8BClO2/c1-11-9-8-3-2-7(10)4-6(8)5-12-9/h2-4H,5H2,1H3. The van der Waals surface area contributed by atoms with Gasteiger partial charge in [-0.05, 0) is 23.2 Å². The van der Waals surface area contributed by atoms with Crippen molar-refractivity contribution in [1.29, 1.82) is 0 Å². The minimum Gasteiger partial charge on any atom is -0.410 e. The van der Waals surface area contributed by atoms with Gasteiger partial charge in [0.15, 0.2) is 0 Å². The molecule has 1 aliphatic rings. The molecule has 2 nitrogen and oxygen atoms in total. The summed E-state index contributed by atoms with van der Waals surface area (Å²) in [5, 5.41) is 0.745. The predicted octanol–water partition coefficient (Wildman–Crippen LogP) is 1.21. The van der Waals surface area contributed by atoms with E-state index in [-0.39, 0.29) is 7.12 Å². The van der Waals surface area contributed by atoms with Gasteiger partial charge in [-0.25, -0.2) is 0 Å². The Hall–Kier alpha value is -0.505. The Morgan fingerprint density at radius 3 is 3.17 bits per heavy atom. The first-order chi connectivity index (χ1) is 5.81. The van der Waals surface area contributed by atoms with E-state index in [1.165, 1.54) is 0 Å². The molecule has 0 unspecified atom stereocenters. The number of rotatable bonds is 1. The van der Waals surface area contributed by atoms with Crippen LogP contribution in [0.25, 0.3) is 0 Å². The lowest BCUT2D eigenvalue weighted by molar-refractivity contribution is 0.245. The van der Waals surface area contributed by atoms with Crippen molar-refractivity contribution >= 4 is 24.2 Å². The molecule has 0 fully saturated rings. The molecule has 12 heavy (non-hydrogen) atoms. The van der Waals surface area contributed by atoms with Gasteiger partial charge in [0.2, 0.25) is 0 Å². The maximum Gasteiger partial charge on any atom is 0.494 e. The molecule has 0 radical (unpaired) electrons. The van der Waals surface area contributed by atoms with Crippen LogP contribution in [0.1, 0.15) is 5.56 Å². The molecular formula is C8H8BClO2. The van der Waals surface area contributed by atoms with Crippen molar-refractivity contribution < 1.29 is 9.31 Å². The summed E-state index contributed by atoms with van der Waals surface area (Å²) in [5.74, 6) is 0. The third-order valence-electron chi connectivity index (χ3n) is 1.96. The lowest BCUT2D eigenvalue weighted by atomic mass is 9.79. The second kappa shape index (κ2) is 3.09. The van der Waals surface area contributed by atoms with E-state index >= 15 is 0 Å². The summed E-state index contributed by atoms with van der Waals surface area (Å²) in [7, 11) is 1.42. The van der Waals surface area contributed by atoms with Crippen molar-refractivity contribution in [3.05, 3.63) is 28.8 Å². The van der Waals surface area contributed by atoms with Gasteiger partial charge in [0.1, 0.15) is 0 Å². The molecule has 1 heterocycles.